The Morgan fingerprint density at radius 2 is 1.97 bits per heavy atom. The summed E-state index contributed by atoms with van der Waals surface area (Å²) in [6.07, 6.45) is 1.59. The van der Waals surface area contributed by atoms with Gasteiger partial charge in [0.1, 0.15) is 5.39 Å². The van der Waals surface area contributed by atoms with Crippen molar-refractivity contribution in [2.75, 3.05) is 13.1 Å². The number of hydrogen-bond acceptors (Lipinski definition) is 7. The van der Waals surface area contributed by atoms with Crippen molar-refractivity contribution in [2.45, 2.75) is 26.2 Å². The van der Waals surface area contributed by atoms with Gasteiger partial charge in [-0.3, -0.25) is 14.6 Å². The van der Waals surface area contributed by atoms with Gasteiger partial charge in [0.05, 0.1) is 5.71 Å². The van der Waals surface area contributed by atoms with Crippen molar-refractivity contribution in [3.63, 3.8) is 0 Å². The predicted octanol–water partition coefficient (Wildman–Crippen LogP) is 2.11. The number of nitrogens with one attached hydrogen (secondary N) is 1. The van der Waals surface area contributed by atoms with Crippen LogP contribution in [-0.2, 0) is 6.42 Å². The van der Waals surface area contributed by atoms with Crippen LogP contribution in [0.5, 0.6) is 6.01 Å². The van der Waals surface area contributed by atoms with E-state index in [1.165, 1.54) is 6.07 Å². The van der Waals surface area contributed by atoms with E-state index in [9.17, 15) is 14.4 Å². The van der Waals surface area contributed by atoms with Crippen LogP contribution in [-0.4, -0.2) is 39.6 Å². The number of carbonyl (C=O) groups excluding carboxylic acids is 1. The van der Waals surface area contributed by atoms with E-state index in [0.717, 1.165) is 5.71 Å². The molecule has 0 spiro atoms. The van der Waals surface area contributed by atoms with Gasteiger partial charge in [-0.15, -0.1) is 0 Å². The zero-order chi connectivity index (χ0) is 21.1. The van der Waals surface area contributed by atoms with Gasteiger partial charge in [0.15, 0.2) is 0 Å². The van der Waals surface area contributed by atoms with Gasteiger partial charge in [0, 0.05) is 37.6 Å². The van der Waals surface area contributed by atoms with Crippen LogP contribution in [0.2, 0.25) is 0 Å². The normalized spacial score (nSPS) is 14.0. The Kier molecular flexibility index (Phi) is 5.42. The molecule has 0 saturated carbocycles. The first kappa shape index (κ1) is 19.6. The zero-order valence-electron chi connectivity index (χ0n) is 16.4. The van der Waals surface area contributed by atoms with Gasteiger partial charge in [0.25, 0.3) is 11.5 Å². The van der Waals surface area contributed by atoms with Gasteiger partial charge < -0.3 is 14.2 Å². The maximum Gasteiger partial charge on any atom is 0.337 e. The molecule has 1 fully saturated rings. The van der Waals surface area contributed by atoms with Crippen LogP contribution in [0.4, 0.5) is 0 Å². The number of rotatable bonds is 4. The third-order valence-electron chi connectivity index (χ3n) is 4.97. The maximum atomic E-state index is 12.5. The number of H-pyrrole nitrogens is 1. The molecular weight excluding hydrogens is 388 g/mol. The summed E-state index contributed by atoms with van der Waals surface area (Å²) >= 11 is 0. The van der Waals surface area contributed by atoms with Crippen molar-refractivity contribution >= 4 is 22.7 Å². The predicted molar refractivity (Wildman–Crippen MR) is 110 cm³/mol. The molecule has 1 aliphatic rings. The number of oxime groups is 1. The standard InChI is InChI=1S/C21H20N4O5/c1-2-13-12-16(26)29-19-17(13)18(27)22-21(23-19)30-24-15-8-10-25(11-9-15)20(28)14-6-4-3-5-7-14/h3-7,12H,2,8-11H2,1H3,(H,22,23,27). The molecule has 4 rings (SSSR count). The molecule has 0 atom stereocenters. The van der Waals surface area contributed by atoms with E-state index >= 15 is 0 Å². The van der Waals surface area contributed by atoms with E-state index in [4.69, 9.17) is 9.25 Å². The molecule has 3 heterocycles. The van der Waals surface area contributed by atoms with Crippen LogP contribution >= 0.6 is 0 Å². The fourth-order valence-corrected chi connectivity index (χ4v) is 3.38. The van der Waals surface area contributed by atoms with Crippen molar-refractivity contribution in [3.8, 4) is 6.01 Å². The van der Waals surface area contributed by atoms with Gasteiger partial charge >= 0.3 is 11.6 Å². The van der Waals surface area contributed by atoms with Crippen LogP contribution in [0.25, 0.3) is 11.1 Å². The van der Waals surface area contributed by atoms with E-state index < -0.39 is 11.2 Å². The molecule has 1 aliphatic heterocycles. The average molecular weight is 408 g/mol. The van der Waals surface area contributed by atoms with Crippen molar-refractivity contribution in [1.82, 2.24) is 14.9 Å². The number of aromatic nitrogens is 2. The Morgan fingerprint density at radius 3 is 2.67 bits per heavy atom. The van der Waals surface area contributed by atoms with E-state index in [2.05, 4.69) is 15.1 Å². The molecule has 1 amide bonds. The molecular formula is C21H20N4O5. The third kappa shape index (κ3) is 4.00. The van der Waals surface area contributed by atoms with Crippen molar-refractivity contribution in [2.24, 2.45) is 5.16 Å². The fourth-order valence-electron chi connectivity index (χ4n) is 3.38. The minimum absolute atomic E-state index is 0.0159. The molecule has 0 radical (unpaired) electrons. The second-order valence-electron chi connectivity index (χ2n) is 6.90. The molecule has 0 unspecified atom stereocenters. The Balaban J connectivity index is 1.46. The number of nitrogens with zero attached hydrogens (tertiary/aromatic N) is 3. The molecule has 30 heavy (non-hydrogen) atoms. The lowest BCUT2D eigenvalue weighted by Crippen LogP contribution is -2.38. The lowest BCUT2D eigenvalue weighted by atomic mass is 10.1. The van der Waals surface area contributed by atoms with Gasteiger partial charge in [-0.05, 0) is 24.1 Å². The van der Waals surface area contributed by atoms with E-state index in [-0.39, 0.29) is 23.0 Å². The van der Waals surface area contributed by atoms with Crippen LogP contribution < -0.4 is 16.0 Å². The second kappa shape index (κ2) is 8.32. The number of benzene rings is 1. The zero-order valence-corrected chi connectivity index (χ0v) is 16.4. The van der Waals surface area contributed by atoms with Crippen LogP contribution in [0.1, 0.15) is 35.7 Å². The summed E-state index contributed by atoms with van der Waals surface area (Å²) in [6.45, 7) is 2.87. The highest BCUT2D eigenvalue weighted by Gasteiger charge is 2.21. The molecule has 3 aromatic rings. The molecule has 1 N–H and O–H groups in total. The largest absolute Gasteiger partial charge is 0.403 e. The minimum Gasteiger partial charge on any atom is -0.403 e. The Labute approximate surface area is 171 Å². The molecule has 9 nitrogen and oxygen atoms in total. The van der Waals surface area contributed by atoms with Crippen LogP contribution in [0.15, 0.2) is 55.6 Å². The van der Waals surface area contributed by atoms with Crippen molar-refractivity contribution in [3.05, 3.63) is 68.3 Å². The summed E-state index contributed by atoms with van der Waals surface area (Å²) in [4.78, 5) is 50.1. The Bertz CT molecular complexity index is 1220. The maximum absolute atomic E-state index is 12.5. The number of likely N-dealkylation sites (tertiary alicyclic amines) is 1. The summed E-state index contributed by atoms with van der Waals surface area (Å²) in [5.41, 5.74) is 0.841. The summed E-state index contributed by atoms with van der Waals surface area (Å²) < 4.78 is 5.04. The number of piperidine rings is 1. The number of aryl methyl sites for hydroxylation is 1. The highest BCUT2D eigenvalue weighted by molar-refractivity contribution is 5.96. The first-order chi connectivity index (χ1) is 14.5. The highest BCUT2D eigenvalue weighted by Crippen LogP contribution is 2.15. The molecule has 154 valence electrons. The van der Waals surface area contributed by atoms with E-state index in [1.54, 1.807) is 17.0 Å². The van der Waals surface area contributed by atoms with Crippen molar-refractivity contribution < 1.29 is 14.0 Å². The Morgan fingerprint density at radius 1 is 1.23 bits per heavy atom. The number of hydrogen-bond donors (Lipinski definition) is 1. The van der Waals surface area contributed by atoms with Crippen LogP contribution in [0.3, 0.4) is 0 Å². The smallest absolute Gasteiger partial charge is 0.337 e. The number of fused-ring (bicyclic) bond motifs is 1. The first-order valence-electron chi connectivity index (χ1n) is 9.69. The summed E-state index contributed by atoms with van der Waals surface area (Å²) in [5, 5.41) is 4.29. The average Bonchev–Trinajstić information content (AvgIpc) is 2.77. The lowest BCUT2D eigenvalue weighted by molar-refractivity contribution is 0.0754. The minimum atomic E-state index is -0.579. The molecule has 0 bridgehead atoms. The first-order valence-corrected chi connectivity index (χ1v) is 9.69. The topological polar surface area (TPSA) is 118 Å². The molecule has 2 aromatic heterocycles. The SMILES string of the molecule is CCc1cc(=O)oc2nc(ON=C3CCN(C(=O)c4ccccc4)CC3)[nH]c(=O)c12. The summed E-state index contributed by atoms with van der Waals surface area (Å²) in [5.74, 6) is -0.0159. The fraction of sp³-hybridized carbons (Fsp3) is 0.286. The summed E-state index contributed by atoms with van der Waals surface area (Å²) in [7, 11) is 0. The monoisotopic (exact) mass is 408 g/mol. The number of carbonyl (C=O) groups is 1. The number of amides is 1. The number of aromatic amines is 1. The van der Waals surface area contributed by atoms with Gasteiger partial charge in [-0.2, -0.15) is 4.98 Å². The highest BCUT2D eigenvalue weighted by atomic mass is 16.6. The van der Waals surface area contributed by atoms with Gasteiger partial charge in [-0.1, -0.05) is 30.3 Å². The molecule has 1 aromatic carbocycles. The lowest BCUT2D eigenvalue weighted by Gasteiger charge is -2.27. The molecule has 0 aliphatic carbocycles. The van der Waals surface area contributed by atoms with Crippen molar-refractivity contribution in [1.29, 1.82) is 0 Å². The van der Waals surface area contributed by atoms with E-state index in [1.807, 2.05) is 25.1 Å². The quantitative estimate of drug-likeness (QED) is 0.661. The molecule has 9 heteroatoms. The van der Waals surface area contributed by atoms with Crippen LogP contribution in [0, 0.1) is 0 Å². The Hall–Kier alpha value is -3.75. The second-order valence-corrected chi connectivity index (χ2v) is 6.90. The van der Waals surface area contributed by atoms with E-state index in [0.29, 0.717) is 43.5 Å². The molecule has 1 saturated heterocycles. The summed E-state index contributed by atoms with van der Waals surface area (Å²) in [6, 6.07) is 10.2. The van der Waals surface area contributed by atoms with Gasteiger partial charge in [0.2, 0.25) is 5.71 Å². The third-order valence-corrected chi connectivity index (χ3v) is 4.97. The van der Waals surface area contributed by atoms with Gasteiger partial charge in [-0.25, -0.2) is 4.79 Å².